The standard InChI is InChI=1S/C23H22F3NO5/c1-14(2)18-11-15(3-8-21(18)32-23(24,25)26)13-30-17-6-4-16(5-7-17)19(12-22(28)29)20-9-10-31-27-20/h4-7,9-11,19H,1,3,8,12-13H2,2H3,(H,28,29). The van der Waals surface area contributed by atoms with Crippen molar-refractivity contribution in [3.8, 4) is 5.75 Å². The lowest BCUT2D eigenvalue weighted by molar-refractivity contribution is -0.306. The third-order valence-corrected chi connectivity index (χ3v) is 4.92. The summed E-state index contributed by atoms with van der Waals surface area (Å²) in [5.41, 5.74) is 2.87. The maximum atomic E-state index is 12.6. The quantitative estimate of drug-likeness (QED) is 0.525. The van der Waals surface area contributed by atoms with Crippen molar-refractivity contribution in [1.29, 1.82) is 0 Å². The zero-order valence-electron chi connectivity index (χ0n) is 17.3. The molecule has 0 amide bonds. The molecule has 6 nitrogen and oxygen atoms in total. The second-order valence-corrected chi connectivity index (χ2v) is 7.40. The van der Waals surface area contributed by atoms with Gasteiger partial charge in [-0.3, -0.25) is 4.79 Å². The maximum absolute atomic E-state index is 12.6. The molecule has 32 heavy (non-hydrogen) atoms. The minimum Gasteiger partial charge on any atom is -0.489 e. The average Bonchev–Trinajstić information content (AvgIpc) is 3.25. The molecule has 1 heterocycles. The van der Waals surface area contributed by atoms with Crippen molar-refractivity contribution in [3.63, 3.8) is 0 Å². The van der Waals surface area contributed by atoms with Crippen molar-refractivity contribution in [2.45, 2.75) is 38.5 Å². The Morgan fingerprint density at radius 1 is 1.25 bits per heavy atom. The number of hydrogen-bond donors (Lipinski definition) is 1. The molecule has 0 spiro atoms. The van der Waals surface area contributed by atoms with Crippen molar-refractivity contribution in [3.05, 3.63) is 83.0 Å². The normalized spacial score (nSPS) is 15.2. The van der Waals surface area contributed by atoms with Crippen molar-refractivity contribution in [2.75, 3.05) is 6.61 Å². The Hall–Kier alpha value is -3.49. The number of carboxylic acid groups (broad SMARTS) is 1. The molecule has 0 radical (unpaired) electrons. The highest BCUT2D eigenvalue weighted by molar-refractivity contribution is 5.68. The fourth-order valence-electron chi connectivity index (χ4n) is 3.43. The van der Waals surface area contributed by atoms with E-state index in [1.54, 1.807) is 43.3 Å². The summed E-state index contributed by atoms with van der Waals surface area (Å²) in [7, 11) is 0. The number of aromatic nitrogens is 1. The fourth-order valence-corrected chi connectivity index (χ4v) is 3.43. The molecule has 1 aromatic carbocycles. The molecule has 170 valence electrons. The lowest BCUT2D eigenvalue weighted by Gasteiger charge is -2.22. The second-order valence-electron chi connectivity index (χ2n) is 7.40. The van der Waals surface area contributed by atoms with E-state index in [1.807, 2.05) is 0 Å². The van der Waals surface area contributed by atoms with Crippen LogP contribution >= 0.6 is 0 Å². The van der Waals surface area contributed by atoms with Crippen molar-refractivity contribution < 1.29 is 37.1 Å². The smallest absolute Gasteiger partial charge is 0.489 e. The first-order valence-electron chi connectivity index (χ1n) is 9.81. The van der Waals surface area contributed by atoms with Crippen LogP contribution in [0.15, 0.2) is 76.3 Å². The van der Waals surface area contributed by atoms with E-state index in [0.29, 0.717) is 29.0 Å². The minimum atomic E-state index is -4.75. The number of nitrogens with zero attached hydrogens (tertiary/aromatic N) is 1. The lowest BCUT2D eigenvalue weighted by atomic mass is 9.92. The van der Waals surface area contributed by atoms with Gasteiger partial charge in [-0.2, -0.15) is 0 Å². The van der Waals surface area contributed by atoms with E-state index < -0.39 is 18.2 Å². The van der Waals surface area contributed by atoms with E-state index in [9.17, 15) is 23.1 Å². The van der Waals surface area contributed by atoms with Crippen LogP contribution in [0.5, 0.6) is 5.75 Å². The zero-order chi connectivity index (χ0) is 23.3. The third kappa shape index (κ3) is 6.26. The van der Waals surface area contributed by atoms with Gasteiger partial charge in [0.15, 0.2) is 0 Å². The summed E-state index contributed by atoms with van der Waals surface area (Å²) in [6.45, 7) is 5.55. The summed E-state index contributed by atoms with van der Waals surface area (Å²) in [5, 5.41) is 13.0. The van der Waals surface area contributed by atoms with Crippen LogP contribution in [0.3, 0.4) is 0 Å². The molecule has 1 N–H and O–H groups in total. The molecule has 2 aromatic rings. The molecule has 0 saturated carbocycles. The van der Waals surface area contributed by atoms with Gasteiger partial charge in [-0.15, -0.1) is 13.2 Å². The Morgan fingerprint density at radius 2 is 1.97 bits per heavy atom. The summed E-state index contributed by atoms with van der Waals surface area (Å²) in [5.74, 6) is -1.02. The molecule has 0 fully saturated rings. The number of hydrogen-bond acceptors (Lipinski definition) is 5. The number of carbonyl (C=O) groups is 1. The summed E-state index contributed by atoms with van der Waals surface area (Å²) < 4.78 is 52.6. The molecule has 0 saturated heterocycles. The number of halogens is 3. The number of allylic oxidation sites excluding steroid dienone is 4. The Labute approximate surface area is 182 Å². The van der Waals surface area contributed by atoms with Gasteiger partial charge in [-0.05, 0) is 48.3 Å². The second kappa shape index (κ2) is 9.76. The minimum absolute atomic E-state index is 0.102. The number of aliphatic carboxylic acids is 1. The summed E-state index contributed by atoms with van der Waals surface area (Å²) in [6.07, 6.45) is -1.41. The van der Waals surface area contributed by atoms with Gasteiger partial charge in [0.2, 0.25) is 0 Å². The Morgan fingerprint density at radius 3 is 2.53 bits per heavy atom. The van der Waals surface area contributed by atoms with Crippen LogP contribution in [-0.2, 0) is 9.53 Å². The molecule has 1 unspecified atom stereocenters. The Kier molecular flexibility index (Phi) is 7.07. The topological polar surface area (TPSA) is 81.8 Å². The van der Waals surface area contributed by atoms with Crippen LogP contribution in [0.4, 0.5) is 13.2 Å². The first-order chi connectivity index (χ1) is 15.1. The fraction of sp³-hybridized carbons (Fsp3) is 0.304. The van der Waals surface area contributed by atoms with Crippen LogP contribution < -0.4 is 4.74 Å². The highest BCUT2D eigenvalue weighted by Crippen LogP contribution is 2.34. The van der Waals surface area contributed by atoms with Gasteiger partial charge < -0.3 is 19.1 Å². The predicted octanol–water partition coefficient (Wildman–Crippen LogP) is 5.75. The van der Waals surface area contributed by atoms with Crippen LogP contribution in [-0.4, -0.2) is 29.2 Å². The van der Waals surface area contributed by atoms with Gasteiger partial charge in [0.25, 0.3) is 0 Å². The molecular weight excluding hydrogens is 427 g/mol. The van der Waals surface area contributed by atoms with Gasteiger partial charge in [-0.1, -0.05) is 23.9 Å². The van der Waals surface area contributed by atoms with Crippen molar-refractivity contribution >= 4 is 5.97 Å². The first kappa shape index (κ1) is 23.2. The summed E-state index contributed by atoms with van der Waals surface area (Å²) in [6, 6.07) is 8.54. The zero-order valence-corrected chi connectivity index (χ0v) is 17.3. The van der Waals surface area contributed by atoms with E-state index >= 15 is 0 Å². The molecule has 1 aromatic heterocycles. The number of benzene rings is 1. The summed E-state index contributed by atoms with van der Waals surface area (Å²) >= 11 is 0. The first-order valence-corrected chi connectivity index (χ1v) is 9.81. The SMILES string of the molecule is C=C(C)C1=C(OC(F)(F)F)CCC(COc2ccc(C(CC(=O)O)c3ccon3)cc2)=C1. The van der Waals surface area contributed by atoms with E-state index in [0.717, 1.165) is 11.1 Å². The van der Waals surface area contributed by atoms with Crippen LogP contribution in [0.1, 0.15) is 43.4 Å². The molecule has 1 aliphatic rings. The van der Waals surface area contributed by atoms with Gasteiger partial charge in [0.1, 0.15) is 24.4 Å². The Balaban J connectivity index is 1.69. The van der Waals surface area contributed by atoms with Crippen molar-refractivity contribution in [1.82, 2.24) is 5.16 Å². The van der Waals surface area contributed by atoms with Crippen LogP contribution in [0, 0.1) is 0 Å². The van der Waals surface area contributed by atoms with Gasteiger partial charge in [-0.25, -0.2) is 0 Å². The van der Waals surface area contributed by atoms with E-state index in [2.05, 4.69) is 16.5 Å². The molecule has 0 aliphatic heterocycles. The highest BCUT2D eigenvalue weighted by Gasteiger charge is 2.34. The molecule has 1 aliphatic carbocycles. The average molecular weight is 449 g/mol. The number of ether oxygens (including phenoxy) is 2. The predicted molar refractivity (Wildman–Crippen MR) is 109 cm³/mol. The lowest BCUT2D eigenvalue weighted by Crippen LogP contribution is -2.17. The van der Waals surface area contributed by atoms with Gasteiger partial charge in [0, 0.05) is 24.0 Å². The highest BCUT2D eigenvalue weighted by atomic mass is 19.4. The maximum Gasteiger partial charge on any atom is 0.572 e. The van der Waals surface area contributed by atoms with E-state index in [4.69, 9.17) is 9.26 Å². The van der Waals surface area contributed by atoms with Gasteiger partial charge >= 0.3 is 12.3 Å². The molecule has 1 atom stereocenters. The third-order valence-electron chi connectivity index (χ3n) is 4.92. The largest absolute Gasteiger partial charge is 0.572 e. The van der Waals surface area contributed by atoms with Crippen LogP contribution in [0.25, 0.3) is 0 Å². The molecular formula is C23H22F3NO5. The number of carboxylic acids is 1. The summed E-state index contributed by atoms with van der Waals surface area (Å²) in [4.78, 5) is 11.2. The Bertz CT molecular complexity index is 1020. The molecule has 9 heteroatoms. The molecule has 3 rings (SSSR count). The van der Waals surface area contributed by atoms with E-state index in [-0.39, 0.29) is 25.2 Å². The van der Waals surface area contributed by atoms with Crippen molar-refractivity contribution in [2.24, 2.45) is 0 Å². The van der Waals surface area contributed by atoms with Crippen LogP contribution in [0.2, 0.25) is 0 Å². The van der Waals surface area contributed by atoms with E-state index in [1.165, 1.54) is 6.26 Å². The monoisotopic (exact) mass is 449 g/mol. The number of alkyl halides is 3. The number of rotatable bonds is 9. The van der Waals surface area contributed by atoms with Gasteiger partial charge in [0.05, 0.1) is 12.1 Å². The molecule has 0 bridgehead atoms.